The number of hydrogen-bond donors (Lipinski definition) is 0. The minimum atomic E-state index is 0.681. The number of nitrogens with zero attached hydrogens (tertiary/aromatic N) is 1. The Morgan fingerprint density at radius 2 is 1.72 bits per heavy atom. The van der Waals surface area contributed by atoms with Gasteiger partial charge in [0.15, 0.2) is 0 Å². The maximum absolute atomic E-state index is 8.89. The molecule has 2 rings (SSSR count). The Kier molecular flexibility index (Phi) is 9.37. The van der Waals surface area contributed by atoms with E-state index in [9.17, 15) is 0 Å². The largest absolute Gasteiger partial charge is 0.381 e. The highest BCUT2D eigenvalue weighted by atomic mass is 16.5. The molecule has 1 saturated carbocycles. The van der Waals surface area contributed by atoms with Gasteiger partial charge in [-0.25, -0.2) is 0 Å². The SMILES string of the molecule is C=CCCCCCCOCC[C@H]1CC[C@H](c2ccc(C#N)cc2)CC1. The molecule has 0 unspecified atom stereocenters. The highest BCUT2D eigenvalue weighted by Crippen LogP contribution is 2.37. The van der Waals surface area contributed by atoms with Crippen LogP contribution in [0, 0.1) is 17.2 Å². The summed E-state index contributed by atoms with van der Waals surface area (Å²) in [5, 5.41) is 8.89. The van der Waals surface area contributed by atoms with Gasteiger partial charge in [0, 0.05) is 13.2 Å². The minimum Gasteiger partial charge on any atom is -0.381 e. The fourth-order valence-electron chi connectivity index (χ4n) is 3.81. The van der Waals surface area contributed by atoms with Crippen molar-refractivity contribution in [3.05, 3.63) is 48.0 Å². The maximum atomic E-state index is 8.89. The molecule has 0 saturated heterocycles. The first kappa shape index (κ1) is 19.7. The summed E-state index contributed by atoms with van der Waals surface area (Å²) in [6, 6.07) is 10.4. The number of unbranched alkanes of at least 4 members (excludes halogenated alkanes) is 4. The highest BCUT2D eigenvalue weighted by Gasteiger charge is 2.22. The van der Waals surface area contributed by atoms with Crippen molar-refractivity contribution in [2.24, 2.45) is 5.92 Å². The van der Waals surface area contributed by atoms with Crippen LogP contribution in [-0.4, -0.2) is 13.2 Å². The third-order valence-corrected chi connectivity index (χ3v) is 5.48. The molecule has 0 heterocycles. The lowest BCUT2D eigenvalue weighted by Crippen LogP contribution is -2.15. The summed E-state index contributed by atoms with van der Waals surface area (Å²) in [6.07, 6.45) is 14.6. The number of benzene rings is 1. The molecule has 1 aliphatic carbocycles. The molecule has 0 aliphatic heterocycles. The molecular weight excluding hydrogens is 306 g/mol. The number of ether oxygens (including phenoxy) is 1. The minimum absolute atomic E-state index is 0.681. The summed E-state index contributed by atoms with van der Waals surface area (Å²) in [7, 11) is 0. The summed E-state index contributed by atoms with van der Waals surface area (Å²) >= 11 is 0. The Hall–Kier alpha value is -1.59. The average molecular weight is 340 g/mol. The van der Waals surface area contributed by atoms with Gasteiger partial charge in [-0.3, -0.25) is 0 Å². The summed E-state index contributed by atoms with van der Waals surface area (Å²) in [5.41, 5.74) is 2.17. The number of allylic oxidation sites excluding steroid dienone is 1. The normalized spacial score (nSPS) is 20.1. The summed E-state index contributed by atoms with van der Waals surface area (Å²) in [5.74, 6) is 1.52. The molecule has 0 bridgehead atoms. The van der Waals surface area contributed by atoms with E-state index in [1.165, 1.54) is 63.4 Å². The lowest BCUT2D eigenvalue weighted by molar-refractivity contribution is 0.109. The Morgan fingerprint density at radius 1 is 1.00 bits per heavy atom. The number of nitriles is 1. The Balaban J connectivity index is 1.52. The van der Waals surface area contributed by atoms with Crippen LogP contribution in [0.1, 0.15) is 81.3 Å². The first-order chi connectivity index (χ1) is 12.3. The Morgan fingerprint density at radius 3 is 2.40 bits per heavy atom. The first-order valence-electron chi connectivity index (χ1n) is 10.0. The van der Waals surface area contributed by atoms with Gasteiger partial charge < -0.3 is 4.74 Å². The molecule has 25 heavy (non-hydrogen) atoms. The van der Waals surface area contributed by atoms with Crippen molar-refractivity contribution in [3.8, 4) is 6.07 Å². The van der Waals surface area contributed by atoms with Gasteiger partial charge >= 0.3 is 0 Å². The average Bonchev–Trinajstić information content (AvgIpc) is 2.67. The van der Waals surface area contributed by atoms with Gasteiger partial charge in [0.25, 0.3) is 0 Å². The van der Waals surface area contributed by atoms with E-state index in [1.54, 1.807) is 0 Å². The molecular formula is C23H33NO. The van der Waals surface area contributed by atoms with Crippen molar-refractivity contribution in [1.82, 2.24) is 0 Å². The van der Waals surface area contributed by atoms with Gasteiger partial charge in [-0.05, 0) is 80.9 Å². The lowest BCUT2D eigenvalue weighted by atomic mass is 9.77. The second-order valence-corrected chi connectivity index (χ2v) is 7.34. The Bertz CT molecular complexity index is 520. The van der Waals surface area contributed by atoms with Crippen molar-refractivity contribution in [2.45, 2.75) is 70.1 Å². The predicted molar refractivity (Wildman–Crippen MR) is 105 cm³/mol. The van der Waals surface area contributed by atoms with Crippen LogP contribution >= 0.6 is 0 Å². The van der Waals surface area contributed by atoms with Crippen molar-refractivity contribution < 1.29 is 4.74 Å². The van der Waals surface area contributed by atoms with E-state index in [2.05, 4.69) is 24.8 Å². The van der Waals surface area contributed by atoms with Gasteiger partial charge in [-0.2, -0.15) is 5.26 Å². The van der Waals surface area contributed by atoms with Crippen LogP contribution in [0.4, 0.5) is 0 Å². The van der Waals surface area contributed by atoms with E-state index in [1.807, 2.05) is 18.2 Å². The summed E-state index contributed by atoms with van der Waals surface area (Å²) in [6.45, 7) is 5.61. The molecule has 1 fully saturated rings. The van der Waals surface area contributed by atoms with Crippen LogP contribution < -0.4 is 0 Å². The van der Waals surface area contributed by atoms with Crippen LogP contribution in [0.3, 0.4) is 0 Å². The van der Waals surface area contributed by atoms with Crippen molar-refractivity contribution in [1.29, 1.82) is 5.26 Å². The quantitative estimate of drug-likeness (QED) is 0.346. The molecule has 0 aromatic heterocycles. The first-order valence-corrected chi connectivity index (χ1v) is 10.0. The molecule has 1 aliphatic rings. The molecule has 1 aromatic carbocycles. The van der Waals surface area contributed by atoms with E-state index in [0.717, 1.165) is 31.1 Å². The van der Waals surface area contributed by atoms with Crippen LogP contribution in [0.2, 0.25) is 0 Å². The molecule has 0 amide bonds. The number of hydrogen-bond acceptors (Lipinski definition) is 2. The van der Waals surface area contributed by atoms with Gasteiger partial charge in [0.1, 0.15) is 0 Å². The molecule has 2 nitrogen and oxygen atoms in total. The van der Waals surface area contributed by atoms with E-state index >= 15 is 0 Å². The zero-order valence-corrected chi connectivity index (χ0v) is 15.6. The zero-order chi connectivity index (χ0) is 17.7. The van der Waals surface area contributed by atoms with Gasteiger partial charge in [-0.15, -0.1) is 6.58 Å². The summed E-state index contributed by atoms with van der Waals surface area (Å²) < 4.78 is 5.83. The maximum Gasteiger partial charge on any atom is 0.0991 e. The molecule has 136 valence electrons. The van der Waals surface area contributed by atoms with Gasteiger partial charge in [0.05, 0.1) is 11.6 Å². The van der Waals surface area contributed by atoms with Crippen LogP contribution in [0.5, 0.6) is 0 Å². The van der Waals surface area contributed by atoms with E-state index in [4.69, 9.17) is 10.00 Å². The third-order valence-electron chi connectivity index (χ3n) is 5.48. The second kappa shape index (κ2) is 11.9. The molecule has 0 atom stereocenters. The van der Waals surface area contributed by atoms with E-state index in [0.29, 0.717) is 5.92 Å². The molecule has 0 spiro atoms. The van der Waals surface area contributed by atoms with E-state index in [-0.39, 0.29) is 0 Å². The van der Waals surface area contributed by atoms with Crippen molar-refractivity contribution in [2.75, 3.05) is 13.2 Å². The zero-order valence-electron chi connectivity index (χ0n) is 15.6. The highest BCUT2D eigenvalue weighted by molar-refractivity contribution is 5.33. The number of rotatable bonds is 11. The molecule has 0 N–H and O–H groups in total. The predicted octanol–water partition coefficient (Wildman–Crippen LogP) is 6.38. The monoisotopic (exact) mass is 339 g/mol. The van der Waals surface area contributed by atoms with Crippen LogP contribution in [0.15, 0.2) is 36.9 Å². The fraction of sp³-hybridized carbons (Fsp3) is 0.609. The smallest absolute Gasteiger partial charge is 0.0991 e. The van der Waals surface area contributed by atoms with E-state index < -0.39 is 0 Å². The Labute approximate surface area is 153 Å². The van der Waals surface area contributed by atoms with Crippen molar-refractivity contribution in [3.63, 3.8) is 0 Å². The molecule has 1 aromatic rings. The standard InChI is InChI=1S/C23H33NO/c1-2-3-4-5-6-7-17-25-18-16-20-8-12-22(13-9-20)23-14-10-21(19-24)11-15-23/h2,10-11,14-15,20,22H,1,3-9,12-13,16-18H2/t20-,22-. The fourth-order valence-corrected chi connectivity index (χ4v) is 3.81. The second-order valence-electron chi connectivity index (χ2n) is 7.34. The van der Waals surface area contributed by atoms with Crippen LogP contribution in [-0.2, 0) is 4.74 Å². The molecule has 0 radical (unpaired) electrons. The topological polar surface area (TPSA) is 33.0 Å². The molecule has 2 heteroatoms. The van der Waals surface area contributed by atoms with Crippen LogP contribution in [0.25, 0.3) is 0 Å². The van der Waals surface area contributed by atoms with Crippen molar-refractivity contribution >= 4 is 0 Å². The summed E-state index contributed by atoms with van der Waals surface area (Å²) in [4.78, 5) is 0. The lowest BCUT2D eigenvalue weighted by Gasteiger charge is -2.28. The third kappa shape index (κ3) is 7.45. The van der Waals surface area contributed by atoms with Gasteiger partial charge in [-0.1, -0.05) is 31.1 Å². The van der Waals surface area contributed by atoms with Gasteiger partial charge in [0.2, 0.25) is 0 Å².